The zero-order valence-corrected chi connectivity index (χ0v) is 11.9. The van der Waals surface area contributed by atoms with Crippen molar-refractivity contribution >= 4 is 0 Å². The first-order valence-electron chi connectivity index (χ1n) is 6.61. The van der Waals surface area contributed by atoms with Crippen LogP contribution in [0.3, 0.4) is 0 Å². The zero-order chi connectivity index (χ0) is 14.0. The van der Waals surface area contributed by atoms with E-state index in [1.807, 2.05) is 33.8 Å². The molecule has 106 valence electrons. The molecule has 1 heterocycles. The lowest BCUT2D eigenvalue weighted by atomic mass is 10.0. The summed E-state index contributed by atoms with van der Waals surface area (Å²) in [5.41, 5.74) is 0.930. The summed E-state index contributed by atoms with van der Waals surface area (Å²) in [6.07, 6.45) is -0.110. The fourth-order valence-electron chi connectivity index (χ4n) is 2.04. The largest absolute Gasteiger partial charge is 0.491 e. The van der Waals surface area contributed by atoms with Gasteiger partial charge in [0.25, 0.3) is 0 Å². The molecule has 0 saturated carbocycles. The molecule has 19 heavy (non-hydrogen) atoms. The van der Waals surface area contributed by atoms with Crippen LogP contribution in [0.4, 0.5) is 4.39 Å². The maximum absolute atomic E-state index is 13.5. The summed E-state index contributed by atoms with van der Waals surface area (Å²) < 4.78 is 30.2. The lowest BCUT2D eigenvalue weighted by Gasteiger charge is -2.17. The Kier molecular flexibility index (Phi) is 4.11. The van der Waals surface area contributed by atoms with Crippen LogP contribution in [0.15, 0.2) is 18.2 Å². The van der Waals surface area contributed by atoms with Crippen LogP contribution < -0.4 is 4.74 Å². The van der Waals surface area contributed by atoms with Crippen molar-refractivity contribution in [3.63, 3.8) is 0 Å². The Morgan fingerprint density at radius 3 is 2.68 bits per heavy atom. The zero-order valence-electron chi connectivity index (χ0n) is 11.9. The van der Waals surface area contributed by atoms with Gasteiger partial charge in [0, 0.05) is 6.07 Å². The second-order valence-corrected chi connectivity index (χ2v) is 5.64. The van der Waals surface area contributed by atoms with E-state index in [9.17, 15) is 4.39 Å². The van der Waals surface area contributed by atoms with E-state index in [-0.39, 0.29) is 17.8 Å². The molecule has 1 aromatic rings. The Bertz CT molecular complexity index is 443. The number of benzene rings is 1. The van der Waals surface area contributed by atoms with E-state index in [1.54, 1.807) is 0 Å². The average Bonchev–Trinajstić information content (AvgIpc) is 2.65. The van der Waals surface area contributed by atoms with E-state index in [0.29, 0.717) is 19.0 Å². The van der Waals surface area contributed by atoms with Gasteiger partial charge in [0.05, 0.1) is 6.61 Å². The van der Waals surface area contributed by atoms with Gasteiger partial charge < -0.3 is 14.2 Å². The summed E-state index contributed by atoms with van der Waals surface area (Å²) >= 11 is 0. The van der Waals surface area contributed by atoms with Crippen molar-refractivity contribution in [2.75, 3.05) is 13.2 Å². The molecule has 1 atom stereocenters. The lowest BCUT2D eigenvalue weighted by Crippen LogP contribution is -2.25. The van der Waals surface area contributed by atoms with Crippen molar-refractivity contribution in [1.82, 2.24) is 0 Å². The smallest absolute Gasteiger partial charge is 0.163 e. The molecule has 0 aromatic heterocycles. The third-order valence-corrected chi connectivity index (χ3v) is 3.06. The van der Waals surface area contributed by atoms with Crippen molar-refractivity contribution in [2.24, 2.45) is 0 Å². The van der Waals surface area contributed by atoms with Gasteiger partial charge in [-0.1, -0.05) is 13.8 Å². The third kappa shape index (κ3) is 3.91. The van der Waals surface area contributed by atoms with E-state index >= 15 is 0 Å². The first-order valence-corrected chi connectivity index (χ1v) is 6.61. The van der Waals surface area contributed by atoms with Gasteiger partial charge in [-0.15, -0.1) is 0 Å². The first kappa shape index (κ1) is 14.3. The minimum absolute atomic E-state index is 0.110. The van der Waals surface area contributed by atoms with Crippen LogP contribution in [-0.4, -0.2) is 25.1 Å². The fourth-order valence-corrected chi connectivity index (χ4v) is 2.04. The van der Waals surface area contributed by atoms with Crippen molar-refractivity contribution < 1.29 is 18.6 Å². The topological polar surface area (TPSA) is 27.7 Å². The number of ether oxygens (including phenoxy) is 3. The van der Waals surface area contributed by atoms with Gasteiger partial charge >= 0.3 is 0 Å². The molecule has 3 nitrogen and oxygen atoms in total. The van der Waals surface area contributed by atoms with Crippen LogP contribution in [0, 0.1) is 5.82 Å². The van der Waals surface area contributed by atoms with Crippen molar-refractivity contribution in [3.8, 4) is 5.75 Å². The molecule has 1 aromatic carbocycles. The monoisotopic (exact) mass is 268 g/mol. The first-order chi connectivity index (χ1) is 8.85. The quantitative estimate of drug-likeness (QED) is 0.836. The summed E-state index contributed by atoms with van der Waals surface area (Å²) in [5, 5.41) is 0. The number of halogens is 1. The molecule has 0 spiro atoms. The van der Waals surface area contributed by atoms with Gasteiger partial charge in [-0.3, -0.25) is 0 Å². The molecule has 4 heteroatoms. The predicted molar refractivity (Wildman–Crippen MR) is 70.9 cm³/mol. The van der Waals surface area contributed by atoms with Gasteiger partial charge in [-0.05, 0) is 37.5 Å². The normalized spacial score (nSPS) is 21.9. The number of rotatable bonds is 4. The van der Waals surface area contributed by atoms with E-state index in [1.165, 1.54) is 12.1 Å². The molecular formula is C15H21FO3. The molecule has 1 aliphatic heterocycles. The van der Waals surface area contributed by atoms with Crippen LogP contribution in [0.25, 0.3) is 0 Å². The highest BCUT2D eigenvalue weighted by atomic mass is 19.1. The Hall–Kier alpha value is -1.13. The Labute approximate surface area is 113 Å². The van der Waals surface area contributed by atoms with E-state index < -0.39 is 5.79 Å². The molecular weight excluding hydrogens is 247 g/mol. The number of hydrogen-bond acceptors (Lipinski definition) is 3. The minimum Gasteiger partial charge on any atom is -0.491 e. The van der Waals surface area contributed by atoms with Crippen molar-refractivity contribution in [2.45, 2.75) is 45.5 Å². The summed E-state index contributed by atoms with van der Waals surface area (Å²) in [7, 11) is 0. The molecule has 2 rings (SSSR count). The van der Waals surface area contributed by atoms with Crippen LogP contribution in [0.2, 0.25) is 0 Å². The van der Waals surface area contributed by atoms with Crippen LogP contribution in [-0.2, 0) is 9.47 Å². The molecule has 1 fully saturated rings. The average molecular weight is 268 g/mol. The van der Waals surface area contributed by atoms with Crippen molar-refractivity contribution in [3.05, 3.63) is 29.6 Å². The van der Waals surface area contributed by atoms with Gasteiger partial charge in [-0.25, -0.2) is 4.39 Å². The van der Waals surface area contributed by atoms with Crippen molar-refractivity contribution in [1.29, 1.82) is 0 Å². The summed E-state index contributed by atoms with van der Waals surface area (Å²) in [6, 6.07) is 4.80. The maximum atomic E-state index is 13.5. The lowest BCUT2D eigenvalue weighted by molar-refractivity contribution is -0.141. The molecule has 0 aliphatic carbocycles. The molecule has 0 amide bonds. The molecule has 1 saturated heterocycles. The summed E-state index contributed by atoms with van der Waals surface area (Å²) in [4.78, 5) is 0. The number of hydrogen-bond donors (Lipinski definition) is 0. The second-order valence-electron chi connectivity index (χ2n) is 5.64. The van der Waals surface area contributed by atoms with E-state index in [4.69, 9.17) is 14.2 Å². The fraction of sp³-hybridized carbons (Fsp3) is 0.600. The molecule has 0 N–H and O–H groups in total. The highest BCUT2D eigenvalue weighted by molar-refractivity contribution is 5.31. The minimum atomic E-state index is -0.556. The van der Waals surface area contributed by atoms with Gasteiger partial charge in [0.2, 0.25) is 0 Å². The SMILES string of the molecule is CC(C)c1cc(F)cc(OCC2COC(C)(C)O2)c1. The van der Waals surface area contributed by atoms with Crippen LogP contribution >= 0.6 is 0 Å². The Balaban J connectivity index is 1.96. The molecule has 0 bridgehead atoms. The van der Waals surface area contributed by atoms with Gasteiger partial charge in [-0.2, -0.15) is 0 Å². The summed E-state index contributed by atoms with van der Waals surface area (Å²) in [6.45, 7) is 8.64. The van der Waals surface area contributed by atoms with Crippen LogP contribution in [0.1, 0.15) is 39.2 Å². The molecule has 1 unspecified atom stereocenters. The Morgan fingerprint density at radius 1 is 1.37 bits per heavy atom. The standard InChI is InChI=1S/C15H21FO3/c1-10(2)11-5-12(16)7-13(6-11)17-8-14-9-18-15(3,4)19-14/h5-7,10,14H,8-9H2,1-4H3. The Morgan fingerprint density at radius 2 is 2.11 bits per heavy atom. The summed E-state index contributed by atoms with van der Waals surface area (Å²) in [5.74, 6) is -0.0239. The second kappa shape index (κ2) is 5.47. The highest BCUT2D eigenvalue weighted by Crippen LogP contribution is 2.25. The maximum Gasteiger partial charge on any atom is 0.163 e. The highest BCUT2D eigenvalue weighted by Gasteiger charge is 2.32. The predicted octanol–water partition coefficient (Wildman–Crippen LogP) is 3.48. The molecule has 1 aliphatic rings. The van der Waals surface area contributed by atoms with Gasteiger partial charge in [0.15, 0.2) is 5.79 Å². The van der Waals surface area contributed by atoms with E-state index in [2.05, 4.69) is 0 Å². The van der Waals surface area contributed by atoms with Crippen LogP contribution in [0.5, 0.6) is 5.75 Å². The third-order valence-electron chi connectivity index (χ3n) is 3.06. The van der Waals surface area contributed by atoms with E-state index in [0.717, 1.165) is 5.56 Å². The van der Waals surface area contributed by atoms with Gasteiger partial charge in [0.1, 0.15) is 24.3 Å². The molecule has 0 radical (unpaired) electrons.